The molecule has 1 heterocycles. The average molecular weight is 235 g/mol. The predicted molar refractivity (Wildman–Crippen MR) is 61.0 cm³/mol. The minimum absolute atomic E-state index is 0.271. The fraction of sp³-hybridized carbons (Fsp3) is 0.250. The van der Waals surface area contributed by atoms with E-state index in [0.717, 1.165) is 23.1 Å². The molecule has 0 amide bonds. The lowest BCUT2D eigenvalue weighted by Gasteiger charge is -2.03. The summed E-state index contributed by atoms with van der Waals surface area (Å²) in [6, 6.07) is 5.73. The van der Waals surface area contributed by atoms with E-state index in [2.05, 4.69) is 5.32 Å². The van der Waals surface area contributed by atoms with Gasteiger partial charge < -0.3 is 19.9 Å². The lowest BCUT2D eigenvalue weighted by molar-refractivity contribution is -0.131. The maximum Gasteiger partial charge on any atom is 0.328 e. The second-order valence-corrected chi connectivity index (χ2v) is 3.56. The van der Waals surface area contributed by atoms with Gasteiger partial charge in [0, 0.05) is 19.2 Å². The first-order valence-electron chi connectivity index (χ1n) is 5.24. The molecular weight excluding hydrogens is 222 g/mol. The van der Waals surface area contributed by atoms with Crippen LogP contribution in [0.3, 0.4) is 0 Å². The molecule has 0 atom stereocenters. The molecule has 5 nitrogen and oxygen atoms in total. The molecule has 0 saturated carbocycles. The van der Waals surface area contributed by atoms with Crippen LogP contribution in [0.1, 0.15) is 5.56 Å². The number of carboxylic acids is 1. The SMILES string of the molecule is O=C(O)/C=C/CNCc1ccc2c(c1)OCO2. The van der Waals surface area contributed by atoms with Crippen molar-refractivity contribution in [2.75, 3.05) is 13.3 Å². The molecule has 2 N–H and O–H groups in total. The van der Waals surface area contributed by atoms with Gasteiger partial charge in [0.2, 0.25) is 6.79 Å². The van der Waals surface area contributed by atoms with Gasteiger partial charge in [0.05, 0.1) is 0 Å². The smallest absolute Gasteiger partial charge is 0.328 e. The van der Waals surface area contributed by atoms with Crippen LogP contribution >= 0.6 is 0 Å². The molecule has 1 aliphatic rings. The number of nitrogens with one attached hydrogen (secondary N) is 1. The van der Waals surface area contributed by atoms with Gasteiger partial charge in [-0.25, -0.2) is 4.79 Å². The van der Waals surface area contributed by atoms with Gasteiger partial charge in [0.25, 0.3) is 0 Å². The standard InChI is InChI=1S/C12H13NO4/c14-12(15)2-1-5-13-7-9-3-4-10-11(6-9)17-8-16-10/h1-4,6,13H,5,7-8H2,(H,14,15)/b2-1+. The van der Waals surface area contributed by atoms with Crippen LogP contribution in [0.2, 0.25) is 0 Å². The highest BCUT2D eigenvalue weighted by Gasteiger charge is 2.12. The van der Waals surface area contributed by atoms with Crippen molar-refractivity contribution in [3.8, 4) is 11.5 Å². The molecule has 0 unspecified atom stereocenters. The molecule has 0 aromatic heterocycles. The average Bonchev–Trinajstić information content (AvgIpc) is 2.75. The number of rotatable bonds is 5. The van der Waals surface area contributed by atoms with Gasteiger partial charge in [-0.2, -0.15) is 0 Å². The van der Waals surface area contributed by atoms with Crippen LogP contribution in [-0.2, 0) is 11.3 Å². The number of ether oxygens (including phenoxy) is 2. The van der Waals surface area contributed by atoms with E-state index in [1.807, 2.05) is 18.2 Å². The normalized spacial score (nSPS) is 13.2. The molecule has 0 aliphatic carbocycles. The van der Waals surface area contributed by atoms with Gasteiger partial charge in [-0.15, -0.1) is 0 Å². The summed E-state index contributed by atoms with van der Waals surface area (Å²) in [6.07, 6.45) is 2.68. The largest absolute Gasteiger partial charge is 0.478 e. The molecule has 17 heavy (non-hydrogen) atoms. The summed E-state index contributed by atoms with van der Waals surface area (Å²) < 4.78 is 10.5. The van der Waals surface area contributed by atoms with Crippen LogP contribution in [-0.4, -0.2) is 24.4 Å². The Labute approximate surface area is 98.7 Å². The van der Waals surface area contributed by atoms with Gasteiger partial charge in [0.1, 0.15) is 0 Å². The van der Waals surface area contributed by atoms with Gasteiger partial charge in [0.15, 0.2) is 11.5 Å². The van der Waals surface area contributed by atoms with Gasteiger partial charge in [-0.3, -0.25) is 0 Å². The number of benzene rings is 1. The lowest BCUT2D eigenvalue weighted by atomic mass is 10.2. The van der Waals surface area contributed by atoms with Crippen LogP contribution in [0.15, 0.2) is 30.4 Å². The fourth-order valence-corrected chi connectivity index (χ4v) is 1.51. The zero-order valence-electron chi connectivity index (χ0n) is 9.18. The Hall–Kier alpha value is -2.01. The summed E-state index contributed by atoms with van der Waals surface area (Å²) in [6.45, 7) is 1.44. The third-order valence-electron chi connectivity index (χ3n) is 2.29. The summed E-state index contributed by atoms with van der Waals surface area (Å²) >= 11 is 0. The number of hydrogen-bond donors (Lipinski definition) is 2. The second-order valence-electron chi connectivity index (χ2n) is 3.56. The first-order valence-corrected chi connectivity index (χ1v) is 5.24. The molecule has 0 radical (unpaired) electrons. The maximum absolute atomic E-state index is 10.2. The van der Waals surface area contributed by atoms with E-state index >= 15 is 0 Å². The van der Waals surface area contributed by atoms with Crippen LogP contribution in [0, 0.1) is 0 Å². The fourth-order valence-electron chi connectivity index (χ4n) is 1.51. The van der Waals surface area contributed by atoms with Crippen molar-refractivity contribution in [3.05, 3.63) is 35.9 Å². The Morgan fingerprint density at radius 1 is 1.41 bits per heavy atom. The second kappa shape index (κ2) is 5.36. The van der Waals surface area contributed by atoms with Crippen molar-refractivity contribution in [1.82, 2.24) is 5.32 Å². The lowest BCUT2D eigenvalue weighted by Crippen LogP contribution is -2.13. The Kier molecular flexibility index (Phi) is 3.62. The minimum atomic E-state index is -0.935. The van der Waals surface area contributed by atoms with E-state index in [9.17, 15) is 4.79 Å². The van der Waals surface area contributed by atoms with Crippen LogP contribution in [0.4, 0.5) is 0 Å². The predicted octanol–water partition coefficient (Wildman–Crippen LogP) is 1.15. The highest BCUT2D eigenvalue weighted by atomic mass is 16.7. The van der Waals surface area contributed by atoms with Crippen molar-refractivity contribution in [2.24, 2.45) is 0 Å². The van der Waals surface area contributed by atoms with E-state index in [0.29, 0.717) is 13.1 Å². The van der Waals surface area contributed by atoms with Crippen LogP contribution in [0.25, 0.3) is 0 Å². The molecule has 5 heteroatoms. The van der Waals surface area contributed by atoms with E-state index in [4.69, 9.17) is 14.6 Å². The Morgan fingerprint density at radius 2 is 2.24 bits per heavy atom. The summed E-state index contributed by atoms with van der Waals surface area (Å²) in [5.41, 5.74) is 1.07. The molecule has 2 rings (SSSR count). The van der Waals surface area contributed by atoms with Crippen molar-refractivity contribution >= 4 is 5.97 Å². The zero-order valence-corrected chi connectivity index (χ0v) is 9.18. The monoisotopic (exact) mass is 235 g/mol. The van der Waals surface area contributed by atoms with E-state index in [1.165, 1.54) is 0 Å². The Morgan fingerprint density at radius 3 is 3.06 bits per heavy atom. The van der Waals surface area contributed by atoms with Crippen molar-refractivity contribution in [3.63, 3.8) is 0 Å². The summed E-state index contributed by atoms with van der Waals surface area (Å²) in [7, 11) is 0. The number of aliphatic carboxylic acids is 1. The van der Waals surface area contributed by atoms with E-state index in [-0.39, 0.29) is 6.79 Å². The highest BCUT2D eigenvalue weighted by molar-refractivity contribution is 5.79. The number of carbonyl (C=O) groups is 1. The third-order valence-corrected chi connectivity index (χ3v) is 2.29. The number of fused-ring (bicyclic) bond motifs is 1. The van der Waals surface area contributed by atoms with Crippen LogP contribution < -0.4 is 14.8 Å². The quantitative estimate of drug-likeness (QED) is 0.592. The van der Waals surface area contributed by atoms with Gasteiger partial charge >= 0.3 is 5.97 Å². The minimum Gasteiger partial charge on any atom is -0.478 e. The molecular formula is C12H13NO4. The van der Waals surface area contributed by atoms with E-state index < -0.39 is 5.97 Å². The summed E-state index contributed by atoms with van der Waals surface area (Å²) in [4.78, 5) is 10.2. The molecule has 1 aliphatic heterocycles. The summed E-state index contributed by atoms with van der Waals surface area (Å²) in [5, 5.41) is 11.5. The molecule has 90 valence electrons. The molecule has 0 spiro atoms. The zero-order chi connectivity index (χ0) is 12.1. The Balaban J connectivity index is 1.81. The molecule has 0 saturated heterocycles. The molecule has 1 aromatic rings. The topological polar surface area (TPSA) is 67.8 Å². The molecule has 0 bridgehead atoms. The van der Waals surface area contributed by atoms with Gasteiger partial charge in [-0.1, -0.05) is 12.1 Å². The molecule has 1 aromatic carbocycles. The van der Waals surface area contributed by atoms with Gasteiger partial charge in [-0.05, 0) is 17.7 Å². The van der Waals surface area contributed by atoms with E-state index in [1.54, 1.807) is 6.08 Å². The van der Waals surface area contributed by atoms with Crippen molar-refractivity contribution < 1.29 is 19.4 Å². The van der Waals surface area contributed by atoms with Crippen LogP contribution in [0.5, 0.6) is 11.5 Å². The first-order chi connectivity index (χ1) is 8.25. The molecule has 0 fully saturated rings. The maximum atomic E-state index is 10.2. The Bertz CT molecular complexity index is 442. The number of carboxylic acid groups (broad SMARTS) is 1. The summed E-state index contributed by atoms with van der Waals surface area (Å²) in [5.74, 6) is 0.583. The number of hydrogen-bond acceptors (Lipinski definition) is 4. The third kappa shape index (κ3) is 3.22. The van der Waals surface area contributed by atoms with Crippen molar-refractivity contribution in [1.29, 1.82) is 0 Å². The first kappa shape index (κ1) is 11.5. The van der Waals surface area contributed by atoms with Crippen molar-refractivity contribution in [2.45, 2.75) is 6.54 Å². The highest BCUT2D eigenvalue weighted by Crippen LogP contribution is 2.32.